The van der Waals surface area contributed by atoms with Crippen LogP contribution >= 0.6 is 0 Å². The number of hydrogen-bond donors (Lipinski definition) is 2. The van der Waals surface area contributed by atoms with Crippen LogP contribution in [0.5, 0.6) is 0 Å². The van der Waals surface area contributed by atoms with Crippen molar-refractivity contribution in [1.82, 2.24) is 4.98 Å². The lowest BCUT2D eigenvalue weighted by molar-refractivity contribution is -0.143. The minimum atomic E-state index is -0.677. The highest BCUT2D eigenvalue weighted by Crippen LogP contribution is 2.29. The molecule has 2 rings (SSSR count). The second-order valence-electron chi connectivity index (χ2n) is 5.85. The van der Waals surface area contributed by atoms with Crippen molar-refractivity contribution in [2.75, 3.05) is 11.9 Å². The summed E-state index contributed by atoms with van der Waals surface area (Å²) in [6, 6.07) is 4.10. The van der Waals surface area contributed by atoms with Crippen molar-refractivity contribution in [2.45, 2.75) is 39.5 Å². The van der Waals surface area contributed by atoms with Crippen molar-refractivity contribution >= 4 is 11.8 Å². The first-order chi connectivity index (χ1) is 10.0. The Morgan fingerprint density at radius 1 is 1.43 bits per heavy atom. The van der Waals surface area contributed by atoms with Gasteiger partial charge in [0.1, 0.15) is 11.9 Å². The third-order valence-electron chi connectivity index (χ3n) is 4.21. The Bertz CT molecular complexity index is 570. The number of carboxylic acid groups (broad SMARTS) is 1. The first kappa shape index (κ1) is 15.3. The second kappa shape index (κ2) is 6.57. The van der Waals surface area contributed by atoms with Crippen molar-refractivity contribution < 1.29 is 9.90 Å². The Kier molecular flexibility index (Phi) is 4.79. The molecule has 1 heterocycles. The maximum absolute atomic E-state index is 10.9. The lowest BCUT2D eigenvalue weighted by Gasteiger charge is -2.26. The molecule has 1 fully saturated rings. The molecule has 0 radical (unpaired) electrons. The number of aryl methyl sites for hydroxylation is 2. The van der Waals surface area contributed by atoms with Crippen LogP contribution < -0.4 is 5.32 Å². The molecule has 0 bridgehead atoms. The summed E-state index contributed by atoms with van der Waals surface area (Å²) in [4.78, 5) is 15.3. The smallest absolute Gasteiger partial charge is 0.306 e. The first-order valence-corrected chi connectivity index (χ1v) is 7.36. The van der Waals surface area contributed by atoms with Gasteiger partial charge in [0.15, 0.2) is 0 Å². The normalized spacial score (nSPS) is 21.6. The van der Waals surface area contributed by atoms with Crippen LogP contribution in [0.25, 0.3) is 0 Å². The molecule has 1 aromatic heterocycles. The fourth-order valence-corrected chi connectivity index (χ4v) is 2.96. The minimum Gasteiger partial charge on any atom is -0.481 e. The number of aliphatic carboxylic acids is 1. The third kappa shape index (κ3) is 3.72. The quantitative estimate of drug-likeness (QED) is 0.889. The summed E-state index contributed by atoms with van der Waals surface area (Å²) in [6.07, 6.45) is 3.31. The Balaban J connectivity index is 1.96. The molecular formula is C16H21N3O2. The van der Waals surface area contributed by atoms with Gasteiger partial charge < -0.3 is 10.4 Å². The lowest BCUT2D eigenvalue weighted by Crippen LogP contribution is -2.25. The number of hydrogen-bond acceptors (Lipinski definition) is 4. The van der Waals surface area contributed by atoms with Crippen LogP contribution in [0.15, 0.2) is 6.07 Å². The third-order valence-corrected chi connectivity index (χ3v) is 4.21. The summed E-state index contributed by atoms with van der Waals surface area (Å²) in [5.74, 6) is 0.240. The molecule has 1 saturated carbocycles. The van der Waals surface area contributed by atoms with Gasteiger partial charge in [0, 0.05) is 12.2 Å². The van der Waals surface area contributed by atoms with Crippen LogP contribution in [-0.4, -0.2) is 22.6 Å². The van der Waals surface area contributed by atoms with Gasteiger partial charge in [0.05, 0.1) is 11.5 Å². The monoisotopic (exact) mass is 287 g/mol. The zero-order valence-corrected chi connectivity index (χ0v) is 12.5. The molecule has 1 aliphatic carbocycles. The van der Waals surface area contributed by atoms with E-state index in [0.29, 0.717) is 17.3 Å². The Morgan fingerprint density at radius 3 is 2.67 bits per heavy atom. The number of anilines is 1. The van der Waals surface area contributed by atoms with E-state index in [2.05, 4.69) is 16.4 Å². The molecule has 5 nitrogen and oxygen atoms in total. The summed E-state index contributed by atoms with van der Waals surface area (Å²) < 4.78 is 0. The van der Waals surface area contributed by atoms with Gasteiger partial charge in [-0.25, -0.2) is 4.98 Å². The molecule has 5 heteroatoms. The molecule has 112 valence electrons. The van der Waals surface area contributed by atoms with Crippen molar-refractivity contribution in [3.05, 3.63) is 22.9 Å². The van der Waals surface area contributed by atoms with Crippen LogP contribution in [0.3, 0.4) is 0 Å². The Labute approximate surface area is 125 Å². The van der Waals surface area contributed by atoms with Gasteiger partial charge in [0.25, 0.3) is 0 Å². The topological polar surface area (TPSA) is 86.0 Å². The van der Waals surface area contributed by atoms with Gasteiger partial charge in [-0.1, -0.05) is 0 Å². The molecule has 21 heavy (non-hydrogen) atoms. The van der Waals surface area contributed by atoms with Crippen molar-refractivity contribution in [3.63, 3.8) is 0 Å². The van der Waals surface area contributed by atoms with E-state index in [-0.39, 0.29) is 5.92 Å². The Morgan fingerprint density at radius 2 is 2.10 bits per heavy atom. The molecule has 0 atom stereocenters. The van der Waals surface area contributed by atoms with Crippen molar-refractivity contribution in [2.24, 2.45) is 11.8 Å². The van der Waals surface area contributed by atoms with E-state index in [4.69, 9.17) is 5.11 Å². The van der Waals surface area contributed by atoms with E-state index >= 15 is 0 Å². The number of rotatable bonds is 4. The van der Waals surface area contributed by atoms with Crippen molar-refractivity contribution in [1.29, 1.82) is 5.26 Å². The largest absolute Gasteiger partial charge is 0.481 e. The van der Waals surface area contributed by atoms with Crippen LogP contribution in [-0.2, 0) is 4.79 Å². The predicted octanol–water partition coefficient (Wildman–Crippen LogP) is 2.87. The summed E-state index contributed by atoms with van der Waals surface area (Å²) >= 11 is 0. The predicted molar refractivity (Wildman–Crippen MR) is 80.0 cm³/mol. The average molecular weight is 287 g/mol. The van der Waals surface area contributed by atoms with Gasteiger partial charge in [-0.2, -0.15) is 5.26 Å². The van der Waals surface area contributed by atoms with E-state index in [1.807, 2.05) is 19.9 Å². The van der Waals surface area contributed by atoms with Gasteiger partial charge >= 0.3 is 5.97 Å². The highest BCUT2D eigenvalue weighted by molar-refractivity contribution is 5.70. The first-order valence-electron chi connectivity index (χ1n) is 7.36. The minimum absolute atomic E-state index is 0.185. The number of nitriles is 1. The van der Waals surface area contributed by atoms with Gasteiger partial charge in [-0.3, -0.25) is 4.79 Å². The maximum Gasteiger partial charge on any atom is 0.306 e. The van der Waals surface area contributed by atoms with E-state index in [9.17, 15) is 10.1 Å². The van der Waals surface area contributed by atoms with E-state index < -0.39 is 5.97 Å². The molecule has 0 aromatic carbocycles. The van der Waals surface area contributed by atoms with Crippen LogP contribution in [0.4, 0.5) is 5.82 Å². The number of nitrogens with zero attached hydrogens (tertiary/aromatic N) is 2. The Hall–Kier alpha value is -2.09. The van der Waals surface area contributed by atoms with E-state index in [1.165, 1.54) is 0 Å². The van der Waals surface area contributed by atoms with Crippen LogP contribution in [0, 0.1) is 37.0 Å². The fourth-order valence-electron chi connectivity index (χ4n) is 2.96. The number of carbonyl (C=O) groups is 1. The molecule has 2 N–H and O–H groups in total. The zero-order chi connectivity index (χ0) is 15.4. The van der Waals surface area contributed by atoms with Crippen LogP contribution in [0.2, 0.25) is 0 Å². The van der Waals surface area contributed by atoms with Gasteiger partial charge in [0.2, 0.25) is 0 Å². The van der Waals surface area contributed by atoms with Gasteiger partial charge in [-0.15, -0.1) is 0 Å². The summed E-state index contributed by atoms with van der Waals surface area (Å²) in [6.45, 7) is 4.57. The van der Waals surface area contributed by atoms with E-state index in [1.54, 1.807) is 0 Å². The average Bonchev–Trinajstić information content (AvgIpc) is 2.45. The fraction of sp³-hybridized carbons (Fsp3) is 0.562. The standard InChI is InChI=1S/C16H21N3O2/c1-10-7-11(2)19-15(14(10)8-17)18-9-12-3-5-13(6-4-12)16(20)21/h7,12-13H,3-6,9H2,1-2H3,(H,18,19)(H,20,21). The number of carboxylic acids is 1. The second-order valence-corrected chi connectivity index (χ2v) is 5.85. The molecule has 0 unspecified atom stereocenters. The van der Waals surface area contributed by atoms with Crippen molar-refractivity contribution in [3.8, 4) is 6.07 Å². The van der Waals surface area contributed by atoms with Crippen LogP contribution in [0.1, 0.15) is 42.5 Å². The molecule has 1 aromatic rings. The number of aromatic nitrogens is 1. The number of nitrogens with one attached hydrogen (secondary N) is 1. The summed E-state index contributed by atoms with van der Waals surface area (Å²) in [5.41, 5.74) is 2.42. The SMILES string of the molecule is Cc1cc(C)c(C#N)c(NCC2CCC(C(=O)O)CC2)n1. The molecule has 0 amide bonds. The summed E-state index contributed by atoms with van der Waals surface area (Å²) in [7, 11) is 0. The summed E-state index contributed by atoms with van der Waals surface area (Å²) in [5, 5.41) is 21.5. The molecular weight excluding hydrogens is 266 g/mol. The van der Waals surface area contributed by atoms with Gasteiger partial charge in [-0.05, 0) is 57.1 Å². The zero-order valence-electron chi connectivity index (χ0n) is 12.5. The highest BCUT2D eigenvalue weighted by atomic mass is 16.4. The van der Waals surface area contributed by atoms with E-state index in [0.717, 1.165) is 43.5 Å². The molecule has 0 saturated heterocycles. The lowest BCUT2D eigenvalue weighted by atomic mass is 9.82. The maximum atomic E-state index is 10.9. The molecule has 0 spiro atoms. The number of pyridine rings is 1. The molecule has 0 aliphatic heterocycles. The molecule has 1 aliphatic rings. The highest BCUT2D eigenvalue weighted by Gasteiger charge is 2.25.